The zero-order chi connectivity index (χ0) is 26.3. The third kappa shape index (κ3) is 5.15. The van der Waals surface area contributed by atoms with Gasteiger partial charge in [0.05, 0.1) is 16.5 Å². The van der Waals surface area contributed by atoms with E-state index in [1.807, 2.05) is 29.2 Å². The van der Waals surface area contributed by atoms with Gasteiger partial charge in [0, 0.05) is 56.0 Å². The molecule has 0 spiro atoms. The number of carbonyl (C=O) groups excluding carboxylic acids is 2. The Bertz CT molecular complexity index is 1330. The Balaban J connectivity index is 1.27. The van der Waals surface area contributed by atoms with Crippen molar-refractivity contribution in [3.05, 3.63) is 47.0 Å². The Kier molecular flexibility index (Phi) is 7.08. The number of piperidine rings is 1. The predicted octanol–water partition coefficient (Wildman–Crippen LogP) is 3.12. The van der Waals surface area contributed by atoms with Gasteiger partial charge in [0.1, 0.15) is 5.75 Å². The molecular weight excluding hydrogens is 516 g/mol. The minimum atomic E-state index is -3.85. The van der Waals surface area contributed by atoms with Crippen LogP contribution in [0.25, 0.3) is 0 Å². The summed E-state index contributed by atoms with van der Waals surface area (Å²) in [7, 11) is -3.85. The lowest BCUT2D eigenvalue weighted by Gasteiger charge is -2.39. The van der Waals surface area contributed by atoms with Gasteiger partial charge in [-0.3, -0.25) is 9.59 Å². The second-order valence-corrected chi connectivity index (χ2v) is 12.2. The predicted molar refractivity (Wildman–Crippen MR) is 142 cm³/mol. The molecule has 1 N–H and O–H groups in total. The lowest BCUT2D eigenvalue weighted by molar-refractivity contribution is -0.137. The van der Waals surface area contributed by atoms with Crippen molar-refractivity contribution in [1.29, 1.82) is 0 Å². The number of anilines is 2. The van der Waals surface area contributed by atoms with Gasteiger partial charge in [0.15, 0.2) is 6.10 Å². The first-order valence-electron chi connectivity index (χ1n) is 12.5. The topological polar surface area (TPSA) is 99.3 Å². The normalized spacial score (nSPS) is 22.7. The quantitative estimate of drug-likeness (QED) is 0.632. The van der Waals surface area contributed by atoms with E-state index < -0.39 is 16.1 Å². The molecule has 2 aromatic rings. The third-order valence-electron chi connectivity index (χ3n) is 7.32. The van der Waals surface area contributed by atoms with E-state index in [4.69, 9.17) is 16.3 Å². The van der Waals surface area contributed by atoms with Crippen molar-refractivity contribution in [3.63, 3.8) is 0 Å². The molecule has 37 heavy (non-hydrogen) atoms. The van der Waals surface area contributed by atoms with E-state index >= 15 is 0 Å². The minimum absolute atomic E-state index is 0.00711. The lowest BCUT2D eigenvalue weighted by atomic mass is 9.97. The van der Waals surface area contributed by atoms with Crippen LogP contribution in [-0.2, 0) is 19.6 Å². The fourth-order valence-electron chi connectivity index (χ4n) is 5.24. The van der Waals surface area contributed by atoms with Gasteiger partial charge in [-0.05, 0) is 56.5 Å². The number of carbonyl (C=O) groups is 2. The van der Waals surface area contributed by atoms with E-state index in [0.717, 1.165) is 5.69 Å². The summed E-state index contributed by atoms with van der Waals surface area (Å²) in [6.07, 6.45) is 0.572. The average Bonchev–Trinajstić information content (AvgIpc) is 2.89. The van der Waals surface area contributed by atoms with E-state index in [2.05, 4.69) is 10.2 Å². The third-order valence-corrected chi connectivity index (χ3v) is 9.57. The molecule has 0 saturated carbocycles. The van der Waals surface area contributed by atoms with Crippen LogP contribution >= 0.6 is 11.6 Å². The Morgan fingerprint density at radius 3 is 2.59 bits per heavy atom. The van der Waals surface area contributed by atoms with Crippen LogP contribution in [0.5, 0.6) is 5.75 Å². The number of sulfonamides is 1. The van der Waals surface area contributed by atoms with Gasteiger partial charge in [-0.25, -0.2) is 8.42 Å². The van der Waals surface area contributed by atoms with Gasteiger partial charge in [-0.1, -0.05) is 17.7 Å². The number of fused-ring (bicyclic) bond motifs is 1. The van der Waals surface area contributed by atoms with Crippen LogP contribution in [0, 0.1) is 12.8 Å². The average molecular weight is 547 g/mol. The molecule has 0 radical (unpaired) electrons. The second kappa shape index (κ2) is 10.2. The standard InChI is InChI=1S/C26H31ClN4O5S/c1-17-13-22-23(36-18(2)25(32)28-22)15-24(17)37(34,35)31-8-4-5-19(16-31)26(33)30-11-9-29(10-12-30)21-7-3-6-20(27)14-21/h3,6-7,13-15,18-19H,4-5,8-12,16H2,1-2H3,(H,28,32)/t18-,19+/m1/s1. The second-order valence-electron chi connectivity index (χ2n) is 9.86. The van der Waals surface area contributed by atoms with Gasteiger partial charge in [-0.15, -0.1) is 0 Å². The maximum Gasteiger partial charge on any atom is 0.265 e. The number of nitrogens with one attached hydrogen (secondary N) is 1. The van der Waals surface area contributed by atoms with Crippen molar-refractivity contribution < 1.29 is 22.7 Å². The lowest BCUT2D eigenvalue weighted by Crippen LogP contribution is -2.53. The van der Waals surface area contributed by atoms with Gasteiger partial charge in [0.25, 0.3) is 5.91 Å². The fraction of sp³-hybridized carbons (Fsp3) is 0.462. The van der Waals surface area contributed by atoms with Crippen molar-refractivity contribution >= 4 is 44.8 Å². The van der Waals surface area contributed by atoms with Crippen LogP contribution in [0.2, 0.25) is 5.02 Å². The Morgan fingerprint density at radius 2 is 1.86 bits per heavy atom. The summed E-state index contributed by atoms with van der Waals surface area (Å²) in [4.78, 5) is 29.5. The first kappa shape index (κ1) is 25.8. The number of aryl methyl sites for hydroxylation is 1. The van der Waals surface area contributed by atoms with Crippen LogP contribution in [0.15, 0.2) is 41.3 Å². The van der Waals surface area contributed by atoms with Gasteiger partial charge in [0.2, 0.25) is 15.9 Å². The molecule has 3 aliphatic heterocycles. The highest BCUT2D eigenvalue weighted by Crippen LogP contribution is 2.36. The number of hydrogen-bond acceptors (Lipinski definition) is 6. The highest BCUT2D eigenvalue weighted by Gasteiger charge is 2.37. The summed E-state index contributed by atoms with van der Waals surface area (Å²) in [6, 6.07) is 10.8. The van der Waals surface area contributed by atoms with Crippen molar-refractivity contribution in [2.75, 3.05) is 49.5 Å². The van der Waals surface area contributed by atoms with Gasteiger partial charge >= 0.3 is 0 Å². The Morgan fingerprint density at radius 1 is 1.11 bits per heavy atom. The number of amides is 2. The molecule has 5 rings (SSSR count). The summed E-state index contributed by atoms with van der Waals surface area (Å²) in [5, 5.41) is 3.43. The molecule has 2 aromatic carbocycles. The van der Waals surface area contributed by atoms with Crippen molar-refractivity contribution in [1.82, 2.24) is 9.21 Å². The summed E-state index contributed by atoms with van der Waals surface area (Å²) in [5.74, 6) is -0.311. The number of ether oxygens (including phenoxy) is 1. The van der Waals surface area contributed by atoms with Gasteiger partial charge in [-0.2, -0.15) is 4.31 Å². The summed E-state index contributed by atoms with van der Waals surface area (Å²) in [5.41, 5.74) is 2.01. The van der Waals surface area contributed by atoms with Crippen LogP contribution < -0.4 is 15.0 Å². The minimum Gasteiger partial charge on any atom is -0.479 e. The maximum atomic E-state index is 13.7. The monoisotopic (exact) mass is 546 g/mol. The fourth-order valence-corrected chi connectivity index (χ4v) is 7.17. The molecule has 3 heterocycles. The first-order chi connectivity index (χ1) is 17.6. The molecule has 0 unspecified atom stereocenters. The van der Waals surface area contributed by atoms with E-state index in [-0.39, 0.29) is 29.2 Å². The zero-order valence-corrected chi connectivity index (χ0v) is 22.5. The molecule has 9 nitrogen and oxygen atoms in total. The summed E-state index contributed by atoms with van der Waals surface area (Å²) in [6.45, 7) is 6.39. The molecule has 2 amide bonds. The van der Waals surface area contributed by atoms with Crippen molar-refractivity contribution in [3.8, 4) is 5.75 Å². The van der Waals surface area contributed by atoms with Crippen LogP contribution in [0.4, 0.5) is 11.4 Å². The van der Waals surface area contributed by atoms with Crippen LogP contribution in [0.1, 0.15) is 25.3 Å². The molecule has 3 aliphatic rings. The number of rotatable bonds is 4. The molecule has 11 heteroatoms. The van der Waals surface area contributed by atoms with E-state index in [1.54, 1.807) is 19.9 Å². The highest BCUT2D eigenvalue weighted by atomic mass is 35.5. The summed E-state index contributed by atoms with van der Waals surface area (Å²) >= 11 is 6.13. The van der Waals surface area contributed by atoms with E-state index in [1.165, 1.54) is 10.4 Å². The molecule has 198 valence electrons. The number of piperazine rings is 1. The van der Waals surface area contributed by atoms with Crippen LogP contribution in [0.3, 0.4) is 0 Å². The van der Waals surface area contributed by atoms with Crippen molar-refractivity contribution in [2.45, 2.75) is 37.7 Å². The first-order valence-corrected chi connectivity index (χ1v) is 14.4. The molecule has 0 aromatic heterocycles. The molecule has 2 fully saturated rings. The maximum absolute atomic E-state index is 13.7. The molecule has 2 atom stereocenters. The molecule has 0 aliphatic carbocycles. The molecular formula is C26H31ClN4O5S. The number of nitrogens with zero attached hydrogens (tertiary/aromatic N) is 3. The summed E-state index contributed by atoms with van der Waals surface area (Å²) < 4.78 is 34.4. The Labute approximate surface area is 222 Å². The number of hydrogen-bond donors (Lipinski definition) is 1. The van der Waals surface area contributed by atoms with E-state index in [9.17, 15) is 18.0 Å². The highest BCUT2D eigenvalue weighted by molar-refractivity contribution is 7.89. The number of halogens is 1. The molecule has 0 bridgehead atoms. The Hall–Kier alpha value is -2.82. The smallest absolute Gasteiger partial charge is 0.265 e. The van der Waals surface area contributed by atoms with Crippen molar-refractivity contribution in [2.24, 2.45) is 5.92 Å². The van der Waals surface area contributed by atoms with Crippen LogP contribution in [-0.4, -0.2) is 74.8 Å². The zero-order valence-electron chi connectivity index (χ0n) is 20.9. The van der Waals surface area contributed by atoms with Gasteiger partial charge < -0.3 is 19.9 Å². The number of benzene rings is 2. The SMILES string of the molecule is Cc1cc2c(cc1S(=O)(=O)N1CCC[C@H](C(=O)N3CCN(c4cccc(Cl)c4)CC3)C1)O[C@H](C)C(=O)N2. The molecule has 2 saturated heterocycles. The largest absolute Gasteiger partial charge is 0.479 e. The van der Waals surface area contributed by atoms with E-state index in [0.29, 0.717) is 67.6 Å².